The molecule has 0 aliphatic heterocycles. The number of ether oxygens (including phenoxy) is 2. The van der Waals surface area contributed by atoms with Gasteiger partial charge in [0.1, 0.15) is 18.5 Å². The molecule has 0 saturated carbocycles. The van der Waals surface area contributed by atoms with Gasteiger partial charge in [0.05, 0.1) is 0 Å². The monoisotopic (exact) mass is 582 g/mol. The highest BCUT2D eigenvalue weighted by Gasteiger charge is 2.52. The molecular weight excluding hydrogens is 536 g/mol. The van der Waals surface area contributed by atoms with Gasteiger partial charge in [0.15, 0.2) is 5.78 Å². The molecule has 0 heterocycles. The van der Waals surface area contributed by atoms with Crippen LogP contribution in [0, 0.1) is 29.6 Å². The van der Waals surface area contributed by atoms with Crippen molar-refractivity contribution in [1.82, 2.24) is 0 Å². The van der Waals surface area contributed by atoms with Gasteiger partial charge in [-0.3, -0.25) is 4.79 Å². The summed E-state index contributed by atoms with van der Waals surface area (Å²) in [6.07, 6.45) is 3.44. The zero-order valence-corrected chi connectivity index (χ0v) is 27.4. The SMILES string of the molecule is C=C(C)[C@H]1CCC#CC(O[Si](c2ccccc2)(c2ccccc2)C(C)(C)C)CC(C)(OCOC)C#C/C=C(/C)C(=O)C1. The molecule has 5 heteroatoms. The molecule has 0 aromatic heterocycles. The molecule has 0 amide bonds. The van der Waals surface area contributed by atoms with E-state index in [2.05, 4.69) is 99.6 Å². The topological polar surface area (TPSA) is 44.8 Å². The number of rotatable bonds is 8. The fourth-order valence-corrected chi connectivity index (χ4v) is 10.0. The number of allylic oxidation sites excluding steroid dienone is 3. The summed E-state index contributed by atoms with van der Waals surface area (Å²) in [7, 11) is -1.30. The molecule has 4 nitrogen and oxygen atoms in total. The lowest BCUT2D eigenvalue weighted by Crippen LogP contribution is -2.67. The van der Waals surface area contributed by atoms with E-state index in [4.69, 9.17) is 13.9 Å². The molecule has 0 fully saturated rings. The maximum absolute atomic E-state index is 12.9. The number of hydrogen-bond acceptors (Lipinski definition) is 4. The number of methoxy groups -OCH3 is 1. The molecule has 0 radical (unpaired) electrons. The fraction of sp³-hybridized carbons (Fsp3) is 0.432. The molecular formula is C37H46O4Si. The highest BCUT2D eigenvalue weighted by atomic mass is 28.4. The molecule has 1 aliphatic carbocycles. The Bertz CT molecular complexity index is 1330. The molecule has 0 bridgehead atoms. The van der Waals surface area contributed by atoms with Gasteiger partial charge in [-0.25, -0.2) is 0 Å². The van der Waals surface area contributed by atoms with E-state index >= 15 is 0 Å². The fourth-order valence-electron chi connectivity index (χ4n) is 5.43. The standard InChI is InChI=1S/C37H46O4Si/c1-29(2)31-19-15-16-20-32(27-37(7,40-28-39-8)25-17-18-30(3)35(38)26-31)41-42(36(4,5)6,33-21-11-9-12-22-33)34-23-13-10-14-24-34/h9-14,18,21-24,31-32H,1,15,19,26-28H2,2-8H3/b30-18-/t31-,32?,37?/m0/s1. The second kappa shape index (κ2) is 14.8. The zero-order valence-electron chi connectivity index (χ0n) is 26.4. The minimum absolute atomic E-state index is 0.0670. The number of hydrogen-bond donors (Lipinski definition) is 0. The molecule has 2 unspecified atom stereocenters. The molecule has 0 N–H and O–H groups in total. The van der Waals surface area contributed by atoms with Crippen molar-refractivity contribution in [3.05, 3.63) is 84.5 Å². The normalized spacial score (nSPS) is 23.3. The Kier molecular flexibility index (Phi) is 11.7. The average Bonchev–Trinajstić information content (AvgIpc) is 2.95. The lowest BCUT2D eigenvalue weighted by atomic mass is 9.89. The van der Waals surface area contributed by atoms with Gasteiger partial charge >= 0.3 is 0 Å². The van der Waals surface area contributed by atoms with Crippen molar-refractivity contribution in [2.75, 3.05) is 13.9 Å². The molecule has 0 saturated heterocycles. The maximum atomic E-state index is 12.9. The Morgan fingerprint density at radius 3 is 2.19 bits per heavy atom. The van der Waals surface area contributed by atoms with E-state index in [1.165, 1.54) is 10.4 Å². The zero-order chi connectivity index (χ0) is 30.8. The van der Waals surface area contributed by atoms with Crippen LogP contribution in [-0.2, 0) is 18.7 Å². The Balaban J connectivity index is 2.20. The second-order valence-corrected chi connectivity index (χ2v) is 16.6. The first kappa shape index (κ1) is 33.3. The average molecular weight is 583 g/mol. The van der Waals surface area contributed by atoms with Gasteiger partial charge in [-0.2, -0.15) is 0 Å². The maximum Gasteiger partial charge on any atom is 0.262 e. The number of carbonyl (C=O) groups is 1. The summed E-state index contributed by atoms with van der Waals surface area (Å²) in [5, 5.41) is 2.17. The third-order valence-corrected chi connectivity index (χ3v) is 12.9. The summed E-state index contributed by atoms with van der Waals surface area (Å²) in [4.78, 5) is 12.9. The van der Waals surface area contributed by atoms with E-state index in [1.54, 1.807) is 13.2 Å². The lowest BCUT2D eigenvalue weighted by molar-refractivity contribution is -0.116. The van der Waals surface area contributed by atoms with Crippen LogP contribution in [0.25, 0.3) is 0 Å². The summed E-state index contributed by atoms with van der Waals surface area (Å²) in [6.45, 7) is 16.8. The van der Waals surface area contributed by atoms with Crippen molar-refractivity contribution in [2.24, 2.45) is 5.92 Å². The van der Waals surface area contributed by atoms with Crippen LogP contribution in [0.5, 0.6) is 0 Å². The minimum Gasteiger partial charge on any atom is -0.394 e. The lowest BCUT2D eigenvalue weighted by Gasteiger charge is -2.45. The van der Waals surface area contributed by atoms with E-state index in [-0.39, 0.29) is 23.5 Å². The first-order valence-corrected chi connectivity index (χ1v) is 16.6. The largest absolute Gasteiger partial charge is 0.394 e. The van der Waals surface area contributed by atoms with Crippen molar-refractivity contribution in [1.29, 1.82) is 0 Å². The molecule has 1 aliphatic rings. The van der Waals surface area contributed by atoms with Crippen molar-refractivity contribution in [3.8, 4) is 23.7 Å². The Morgan fingerprint density at radius 1 is 1.07 bits per heavy atom. The molecule has 222 valence electrons. The molecule has 2 aromatic rings. The van der Waals surface area contributed by atoms with Gasteiger partial charge in [-0.05, 0) is 54.6 Å². The van der Waals surface area contributed by atoms with Gasteiger partial charge in [-0.15, -0.1) is 5.92 Å². The smallest absolute Gasteiger partial charge is 0.262 e. The Labute approximate surface area is 254 Å². The first-order chi connectivity index (χ1) is 19.9. The summed E-state index contributed by atoms with van der Waals surface area (Å²) in [5.41, 5.74) is 0.702. The third kappa shape index (κ3) is 8.43. The molecule has 3 atom stereocenters. The van der Waals surface area contributed by atoms with Crippen LogP contribution < -0.4 is 10.4 Å². The highest BCUT2D eigenvalue weighted by Crippen LogP contribution is 2.38. The van der Waals surface area contributed by atoms with Gasteiger partial charge in [0.2, 0.25) is 0 Å². The summed E-state index contributed by atoms with van der Waals surface area (Å²) in [6, 6.07) is 21.2. The minimum atomic E-state index is -2.90. The van der Waals surface area contributed by atoms with E-state index in [0.29, 0.717) is 24.8 Å². The molecule has 3 rings (SSSR count). The third-order valence-electron chi connectivity index (χ3n) is 7.88. The van der Waals surface area contributed by atoms with Crippen LogP contribution in [0.15, 0.2) is 84.5 Å². The van der Waals surface area contributed by atoms with Crippen molar-refractivity contribution >= 4 is 24.5 Å². The number of benzene rings is 2. The van der Waals surface area contributed by atoms with Crippen LogP contribution in [0.3, 0.4) is 0 Å². The Morgan fingerprint density at radius 2 is 1.67 bits per heavy atom. The van der Waals surface area contributed by atoms with Gasteiger partial charge in [0, 0.05) is 31.9 Å². The van der Waals surface area contributed by atoms with Crippen molar-refractivity contribution < 1.29 is 18.7 Å². The van der Waals surface area contributed by atoms with Crippen LogP contribution in [0.2, 0.25) is 5.04 Å². The summed E-state index contributed by atoms with van der Waals surface area (Å²) in [5.74, 6) is 13.4. The first-order valence-electron chi connectivity index (χ1n) is 14.7. The number of Topliss-reactive ketones (excluding diaryl/α,β-unsaturated/α-hetero) is 1. The van der Waals surface area contributed by atoms with Crippen LogP contribution in [-0.4, -0.2) is 39.7 Å². The van der Waals surface area contributed by atoms with Crippen LogP contribution in [0.4, 0.5) is 0 Å². The van der Waals surface area contributed by atoms with E-state index in [1.807, 2.05) is 32.9 Å². The van der Waals surface area contributed by atoms with Crippen molar-refractivity contribution in [3.63, 3.8) is 0 Å². The van der Waals surface area contributed by atoms with E-state index < -0.39 is 20.0 Å². The predicted molar refractivity (Wildman–Crippen MR) is 175 cm³/mol. The molecule has 0 spiro atoms. The Hall–Kier alpha value is -3.19. The van der Waals surface area contributed by atoms with E-state index in [9.17, 15) is 4.79 Å². The predicted octanol–water partition coefficient (Wildman–Crippen LogP) is 6.60. The van der Waals surface area contributed by atoms with Gasteiger partial charge in [0.25, 0.3) is 8.32 Å². The van der Waals surface area contributed by atoms with Crippen LogP contribution in [0.1, 0.15) is 67.2 Å². The molecule has 2 aromatic carbocycles. The van der Waals surface area contributed by atoms with Gasteiger partial charge < -0.3 is 13.9 Å². The number of ketones is 1. The summed E-state index contributed by atoms with van der Waals surface area (Å²) < 4.78 is 18.9. The quantitative estimate of drug-likeness (QED) is 0.152. The highest BCUT2D eigenvalue weighted by molar-refractivity contribution is 6.99. The number of carbonyl (C=O) groups excluding carboxylic acids is 1. The second-order valence-electron chi connectivity index (χ2n) is 12.4. The molecule has 42 heavy (non-hydrogen) atoms. The van der Waals surface area contributed by atoms with Crippen LogP contribution >= 0.6 is 0 Å². The van der Waals surface area contributed by atoms with E-state index in [0.717, 1.165) is 12.0 Å². The summed E-state index contributed by atoms with van der Waals surface area (Å²) >= 11 is 0. The van der Waals surface area contributed by atoms with Gasteiger partial charge in [-0.1, -0.05) is 111 Å². The van der Waals surface area contributed by atoms with Crippen molar-refractivity contribution in [2.45, 2.75) is 84.0 Å².